The number of benzene rings is 1. The number of fused-ring (bicyclic) bond motifs is 2. The molecular formula is C24H24ClN5O3. The highest BCUT2D eigenvalue weighted by Gasteiger charge is 2.23. The minimum absolute atomic E-state index is 0.229. The van der Waals surface area contributed by atoms with E-state index in [4.69, 9.17) is 21.1 Å². The summed E-state index contributed by atoms with van der Waals surface area (Å²) in [7, 11) is 0. The first kappa shape index (κ1) is 21.6. The van der Waals surface area contributed by atoms with Gasteiger partial charge in [-0.25, -0.2) is 4.98 Å². The molecule has 0 atom stereocenters. The van der Waals surface area contributed by atoms with Crippen molar-refractivity contribution < 1.29 is 14.3 Å². The monoisotopic (exact) mass is 465 g/mol. The van der Waals surface area contributed by atoms with Gasteiger partial charge < -0.3 is 14.8 Å². The lowest BCUT2D eigenvalue weighted by atomic mass is 9.94. The van der Waals surface area contributed by atoms with Crippen LogP contribution in [0.5, 0.6) is 11.5 Å². The molecule has 0 unspecified atom stereocenters. The van der Waals surface area contributed by atoms with Crippen molar-refractivity contribution in [3.8, 4) is 11.5 Å². The molecule has 33 heavy (non-hydrogen) atoms. The molecular weight excluding hydrogens is 442 g/mol. The van der Waals surface area contributed by atoms with Crippen LogP contribution in [0.3, 0.4) is 0 Å². The van der Waals surface area contributed by atoms with Crippen LogP contribution in [0, 0.1) is 13.8 Å². The van der Waals surface area contributed by atoms with Gasteiger partial charge in [0.05, 0.1) is 11.9 Å². The average Bonchev–Trinajstić information content (AvgIpc) is 3.26. The number of nitrogens with zero attached hydrogens (tertiary/aromatic N) is 4. The van der Waals surface area contributed by atoms with Crippen molar-refractivity contribution >= 4 is 17.5 Å². The number of hydrogen-bond acceptors (Lipinski definition) is 7. The third-order valence-corrected chi connectivity index (χ3v) is 6.40. The molecule has 3 aromatic rings. The minimum Gasteiger partial charge on any atom is -0.454 e. The number of aryl methyl sites for hydroxylation is 2. The van der Waals surface area contributed by atoms with Crippen LogP contribution < -0.4 is 14.8 Å². The summed E-state index contributed by atoms with van der Waals surface area (Å²) in [5.74, 6) is 1.19. The number of pyridine rings is 1. The molecule has 170 valence electrons. The van der Waals surface area contributed by atoms with Crippen LogP contribution in [0.1, 0.15) is 44.1 Å². The molecule has 1 N–H and O–H groups in total. The second-order valence-corrected chi connectivity index (χ2v) is 8.72. The van der Waals surface area contributed by atoms with E-state index < -0.39 is 0 Å². The van der Waals surface area contributed by atoms with Gasteiger partial charge in [0.2, 0.25) is 6.79 Å². The number of carbonyl (C=O) groups excluding carboxylic acids is 1. The summed E-state index contributed by atoms with van der Waals surface area (Å²) in [5, 5.41) is 3.65. The van der Waals surface area contributed by atoms with Crippen molar-refractivity contribution in [1.29, 1.82) is 0 Å². The average molecular weight is 466 g/mol. The predicted molar refractivity (Wildman–Crippen MR) is 122 cm³/mol. The maximum absolute atomic E-state index is 12.5. The fourth-order valence-electron chi connectivity index (χ4n) is 4.24. The van der Waals surface area contributed by atoms with E-state index >= 15 is 0 Å². The molecule has 1 amide bonds. The molecule has 2 aliphatic heterocycles. The summed E-state index contributed by atoms with van der Waals surface area (Å²) in [6.07, 6.45) is 5.90. The van der Waals surface area contributed by atoms with E-state index in [1.54, 1.807) is 6.20 Å². The van der Waals surface area contributed by atoms with Crippen molar-refractivity contribution in [2.45, 2.75) is 39.9 Å². The number of nitrogens with one attached hydrogen (secondary N) is 1. The van der Waals surface area contributed by atoms with Crippen LogP contribution in [0.25, 0.3) is 0 Å². The lowest BCUT2D eigenvalue weighted by Gasteiger charge is -2.30. The highest BCUT2D eigenvalue weighted by atomic mass is 35.5. The molecule has 0 aliphatic carbocycles. The van der Waals surface area contributed by atoms with Crippen LogP contribution in [0.4, 0.5) is 0 Å². The Hall–Kier alpha value is -3.23. The number of ether oxygens (including phenoxy) is 2. The Labute approximate surface area is 196 Å². The van der Waals surface area contributed by atoms with E-state index in [0.29, 0.717) is 29.6 Å². The first-order valence-corrected chi connectivity index (χ1v) is 11.2. The van der Waals surface area contributed by atoms with Crippen LogP contribution in [-0.2, 0) is 26.1 Å². The van der Waals surface area contributed by atoms with Gasteiger partial charge in [0, 0.05) is 55.4 Å². The minimum atomic E-state index is -0.241. The first-order valence-electron chi connectivity index (χ1n) is 10.8. The summed E-state index contributed by atoms with van der Waals surface area (Å²) in [4.78, 5) is 27.7. The zero-order valence-electron chi connectivity index (χ0n) is 18.5. The number of carbonyl (C=O) groups is 1. The van der Waals surface area contributed by atoms with Crippen LogP contribution in [0.15, 0.2) is 30.7 Å². The lowest BCUT2D eigenvalue weighted by molar-refractivity contribution is 0.0945. The predicted octanol–water partition coefficient (Wildman–Crippen LogP) is 3.36. The molecule has 0 bridgehead atoms. The Balaban J connectivity index is 1.29. The number of rotatable bonds is 5. The highest BCUT2D eigenvalue weighted by Crippen LogP contribution is 2.37. The van der Waals surface area contributed by atoms with Gasteiger partial charge in [0.15, 0.2) is 11.5 Å². The quantitative estimate of drug-likeness (QED) is 0.618. The Morgan fingerprint density at radius 2 is 1.94 bits per heavy atom. The van der Waals surface area contributed by atoms with Crippen molar-refractivity contribution in [1.82, 2.24) is 25.2 Å². The lowest BCUT2D eigenvalue weighted by Crippen LogP contribution is -2.32. The Morgan fingerprint density at radius 1 is 1.12 bits per heavy atom. The van der Waals surface area contributed by atoms with Crippen molar-refractivity contribution in [3.63, 3.8) is 0 Å². The third-order valence-electron chi connectivity index (χ3n) is 6.05. The molecule has 0 saturated carbocycles. The zero-order valence-corrected chi connectivity index (χ0v) is 19.3. The summed E-state index contributed by atoms with van der Waals surface area (Å²) < 4.78 is 10.9. The van der Waals surface area contributed by atoms with Gasteiger partial charge in [-0.1, -0.05) is 11.6 Å². The SMILES string of the molecule is Cc1cnc(C(=O)NCc2c(C)ncc3c2CCN(Cc2cc4c(cc2Cl)OCO4)C3)cn1. The first-order chi connectivity index (χ1) is 16.0. The Kier molecular flexibility index (Phi) is 5.86. The molecule has 0 fully saturated rings. The molecule has 9 heteroatoms. The topological polar surface area (TPSA) is 89.5 Å². The van der Waals surface area contributed by atoms with Gasteiger partial charge in [-0.2, -0.15) is 0 Å². The van der Waals surface area contributed by atoms with Crippen LogP contribution in [0.2, 0.25) is 5.02 Å². The van der Waals surface area contributed by atoms with Crippen LogP contribution in [-0.4, -0.2) is 39.1 Å². The van der Waals surface area contributed by atoms with Gasteiger partial charge in [-0.15, -0.1) is 0 Å². The second kappa shape index (κ2) is 8.96. The normalized spacial score (nSPS) is 14.8. The maximum atomic E-state index is 12.5. The molecule has 2 aliphatic rings. The smallest absolute Gasteiger partial charge is 0.271 e. The van der Waals surface area contributed by atoms with E-state index in [1.165, 1.54) is 17.3 Å². The second-order valence-electron chi connectivity index (χ2n) is 8.31. The molecule has 8 nitrogen and oxygen atoms in total. The van der Waals surface area contributed by atoms with Crippen molar-refractivity contribution in [3.05, 3.63) is 75.1 Å². The van der Waals surface area contributed by atoms with E-state index in [-0.39, 0.29) is 12.7 Å². The van der Waals surface area contributed by atoms with E-state index in [0.717, 1.165) is 47.8 Å². The van der Waals surface area contributed by atoms with Crippen molar-refractivity contribution in [2.75, 3.05) is 13.3 Å². The summed E-state index contributed by atoms with van der Waals surface area (Å²) >= 11 is 6.48. The highest BCUT2D eigenvalue weighted by molar-refractivity contribution is 6.31. The summed E-state index contributed by atoms with van der Waals surface area (Å²) in [5.41, 5.74) is 6.51. The van der Waals surface area contributed by atoms with E-state index in [9.17, 15) is 4.79 Å². The number of aromatic nitrogens is 3. The molecule has 1 aromatic carbocycles. The van der Waals surface area contributed by atoms with Gasteiger partial charge in [0.25, 0.3) is 5.91 Å². The standard InChI is InChI=1S/C24H24ClN5O3/c1-14-7-28-21(10-26-14)24(31)29-9-19-15(2)27-8-17-12-30(4-3-18(17)19)11-16-5-22-23(6-20(16)25)33-13-32-22/h5-8,10H,3-4,9,11-13H2,1-2H3,(H,29,31). The largest absolute Gasteiger partial charge is 0.454 e. The van der Waals surface area contributed by atoms with Gasteiger partial charge in [-0.05, 0) is 48.6 Å². The molecule has 0 radical (unpaired) electrons. The third kappa shape index (κ3) is 4.49. The van der Waals surface area contributed by atoms with Gasteiger partial charge in [-0.3, -0.25) is 19.7 Å². The molecule has 0 spiro atoms. The maximum Gasteiger partial charge on any atom is 0.271 e. The van der Waals surface area contributed by atoms with Crippen LogP contribution >= 0.6 is 11.6 Å². The van der Waals surface area contributed by atoms with E-state index in [2.05, 4.69) is 25.2 Å². The number of halogens is 1. The zero-order chi connectivity index (χ0) is 22.9. The van der Waals surface area contributed by atoms with Gasteiger partial charge >= 0.3 is 0 Å². The Morgan fingerprint density at radius 3 is 2.73 bits per heavy atom. The number of amides is 1. The summed E-state index contributed by atoms with van der Waals surface area (Å²) in [6, 6.07) is 3.78. The fraction of sp³-hybridized carbons (Fsp3) is 0.333. The van der Waals surface area contributed by atoms with Crippen molar-refractivity contribution in [2.24, 2.45) is 0 Å². The fourth-order valence-corrected chi connectivity index (χ4v) is 4.45. The van der Waals surface area contributed by atoms with E-state index in [1.807, 2.05) is 32.2 Å². The molecule has 2 aromatic heterocycles. The Bertz CT molecular complexity index is 1220. The molecule has 5 rings (SSSR count). The number of hydrogen-bond donors (Lipinski definition) is 1. The summed E-state index contributed by atoms with van der Waals surface area (Å²) in [6.45, 7) is 6.80. The molecule has 4 heterocycles. The van der Waals surface area contributed by atoms with Gasteiger partial charge in [0.1, 0.15) is 5.69 Å². The molecule has 0 saturated heterocycles.